The van der Waals surface area contributed by atoms with Crippen molar-refractivity contribution in [2.45, 2.75) is 19.0 Å². The molecule has 1 aromatic carbocycles. The number of likely N-dealkylation sites (N-methyl/N-ethyl adjacent to an activating group) is 1. The molecule has 0 aliphatic carbocycles. The maximum absolute atomic E-state index is 12.2. The van der Waals surface area contributed by atoms with Gasteiger partial charge in [0.15, 0.2) is 0 Å². The number of carbonyl (C=O) groups excluding carboxylic acids is 1. The van der Waals surface area contributed by atoms with Crippen LogP contribution in [0.1, 0.15) is 10.4 Å². The smallest absolute Gasteiger partial charge is 0.239 e. The van der Waals surface area contributed by atoms with Crippen LogP contribution in [0.4, 0.5) is 0 Å². The Balaban J connectivity index is 1.92. The molecule has 3 nitrogen and oxygen atoms in total. The van der Waals surface area contributed by atoms with E-state index in [1.807, 2.05) is 42.5 Å². The molecule has 0 saturated heterocycles. The summed E-state index contributed by atoms with van der Waals surface area (Å²) in [6, 6.07) is 13.1. The van der Waals surface area contributed by atoms with Crippen LogP contribution in [0.2, 0.25) is 4.34 Å². The number of amides is 1. The summed E-state index contributed by atoms with van der Waals surface area (Å²) >= 11 is 7.36. The van der Waals surface area contributed by atoms with Crippen molar-refractivity contribution in [3.8, 4) is 0 Å². The highest BCUT2D eigenvalue weighted by Crippen LogP contribution is 2.22. The molecule has 0 fully saturated rings. The largest absolute Gasteiger partial charge is 0.339 e. The van der Waals surface area contributed by atoms with Gasteiger partial charge in [-0.2, -0.15) is 0 Å². The first kappa shape index (κ1) is 15.0. The maximum atomic E-state index is 12.2. The summed E-state index contributed by atoms with van der Waals surface area (Å²) in [5.41, 5.74) is 7.07. The van der Waals surface area contributed by atoms with E-state index in [-0.39, 0.29) is 5.91 Å². The Labute approximate surface area is 128 Å². The molecule has 1 heterocycles. The second-order valence-corrected chi connectivity index (χ2v) is 6.50. The zero-order valence-electron chi connectivity index (χ0n) is 11.3. The van der Waals surface area contributed by atoms with Gasteiger partial charge in [0.2, 0.25) is 5.91 Å². The summed E-state index contributed by atoms with van der Waals surface area (Å²) in [7, 11) is 1.76. The standard InChI is InChI=1S/C15H17ClN2OS/c1-18(10-12-7-8-14(16)20-12)15(19)13(17)9-11-5-3-2-4-6-11/h2-8,13H,9-10,17H2,1H3/t13-/m1/s1. The maximum Gasteiger partial charge on any atom is 0.239 e. The van der Waals surface area contributed by atoms with Crippen LogP contribution in [0.5, 0.6) is 0 Å². The van der Waals surface area contributed by atoms with Crippen LogP contribution in [0.3, 0.4) is 0 Å². The van der Waals surface area contributed by atoms with Gasteiger partial charge >= 0.3 is 0 Å². The highest BCUT2D eigenvalue weighted by atomic mass is 35.5. The van der Waals surface area contributed by atoms with Crippen molar-refractivity contribution >= 4 is 28.8 Å². The predicted octanol–water partition coefficient (Wildman–Crippen LogP) is 2.93. The topological polar surface area (TPSA) is 46.3 Å². The molecule has 0 unspecified atom stereocenters. The zero-order valence-corrected chi connectivity index (χ0v) is 12.8. The van der Waals surface area contributed by atoms with Gasteiger partial charge in [-0.25, -0.2) is 0 Å². The molecule has 20 heavy (non-hydrogen) atoms. The highest BCUT2D eigenvalue weighted by molar-refractivity contribution is 7.16. The minimum atomic E-state index is -0.516. The molecule has 0 radical (unpaired) electrons. The molecule has 0 spiro atoms. The van der Waals surface area contributed by atoms with Gasteiger partial charge in [0, 0.05) is 11.9 Å². The number of rotatable bonds is 5. The molecule has 0 aliphatic heterocycles. The third-order valence-corrected chi connectivity index (χ3v) is 4.23. The van der Waals surface area contributed by atoms with Crippen LogP contribution in [0.25, 0.3) is 0 Å². The molecule has 1 atom stereocenters. The number of nitrogens with zero attached hydrogens (tertiary/aromatic N) is 1. The van der Waals surface area contributed by atoms with E-state index in [1.54, 1.807) is 11.9 Å². The van der Waals surface area contributed by atoms with E-state index in [0.717, 1.165) is 14.8 Å². The molecule has 5 heteroatoms. The molecule has 0 aliphatic rings. The van der Waals surface area contributed by atoms with Crippen molar-refractivity contribution in [3.05, 3.63) is 57.2 Å². The third kappa shape index (κ3) is 4.07. The Morgan fingerprint density at radius 2 is 2.00 bits per heavy atom. The number of hydrogen-bond acceptors (Lipinski definition) is 3. The molecular formula is C15H17ClN2OS. The second-order valence-electron chi connectivity index (χ2n) is 4.70. The lowest BCUT2D eigenvalue weighted by Gasteiger charge is -2.20. The lowest BCUT2D eigenvalue weighted by Crippen LogP contribution is -2.42. The average Bonchev–Trinajstić information content (AvgIpc) is 2.84. The fourth-order valence-corrected chi connectivity index (χ4v) is 3.13. The van der Waals surface area contributed by atoms with E-state index in [0.29, 0.717) is 13.0 Å². The quantitative estimate of drug-likeness (QED) is 0.923. The average molecular weight is 309 g/mol. The molecule has 1 aromatic heterocycles. The van der Waals surface area contributed by atoms with Crippen LogP contribution in [-0.2, 0) is 17.8 Å². The van der Waals surface area contributed by atoms with Gasteiger partial charge in [-0.15, -0.1) is 11.3 Å². The summed E-state index contributed by atoms with van der Waals surface area (Å²) in [5.74, 6) is -0.0571. The third-order valence-electron chi connectivity index (χ3n) is 3.01. The SMILES string of the molecule is CN(Cc1ccc(Cl)s1)C(=O)[C@H](N)Cc1ccccc1. The minimum Gasteiger partial charge on any atom is -0.339 e. The molecular weight excluding hydrogens is 292 g/mol. The van der Waals surface area contributed by atoms with Crippen molar-refractivity contribution in [2.24, 2.45) is 5.73 Å². The van der Waals surface area contributed by atoms with Crippen LogP contribution >= 0.6 is 22.9 Å². The molecule has 0 bridgehead atoms. The van der Waals surface area contributed by atoms with Gasteiger partial charge in [-0.05, 0) is 24.1 Å². The molecule has 2 N–H and O–H groups in total. The monoisotopic (exact) mass is 308 g/mol. The Kier molecular flexibility index (Phi) is 5.17. The molecule has 1 amide bonds. The fraction of sp³-hybridized carbons (Fsp3) is 0.267. The first-order chi connectivity index (χ1) is 9.56. The van der Waals surface area contributed by atoms with Gasteiger partial charge in [-0.3, -0.25) is 4.79 Å². The van der Waals surface area contributed by atoms with Gasteiger partial charge in [0.05, 0.1) is 16.9 Å². The molecule has 106 valence electrons. The highest BCUT2D eigenvalue weighted by Gasteiger charge is 2.18. The Morgan fingerprint density at radius 3 is 2.60 bits per heavy atom. The van der Waals surface area contributed by atoms with Gasteiger partial charge in [-0.1, -0.05) is 41.9 Å². The normalized spacial score (nSPS) is 12.2. The molecule has 2 rings (SSSR count). The van der Waals surface area contributed by atoms with E-state index in [4.69, 9.17) is 17.3 Å². The van der Waals surface area contributed by atoms with Gasteiger partial charge in [0.1, 0.15) is 0 Å². The second kappa shape index (κ2) is 6.88. The van der Waals surface area contributed by atoms with E-state index in [1.165, 1.54) is 11.3 Å². The number of carbonyl (C=O) groups is 1. The number of hydrogen-bond donors (Lipinski definition) is 1. The van der Waals surface area contributed by atoms with Crippen LogP contribution in [0.15, 0.2) is 42.5 Å². The van der Waals surface area contributed by atoms with Crippen LogP contribution < -0.4 is 5.73 Å². The first-order valence-electron chi connectivity index (χ1n) is 6.35. The lowest BCUT2D eigenvalue weighted by atomic mass is 10.1. The number of thiophene rings is 1. The Morgan fingerprint density at radius 1 is 1.30 bits per heavy atom. The van der Waals surface area contributed by atoms with Crippen molar-refractivity contribution in [1.29, 1.82) is 0 Å². The number of nitrogens with two attached hydrogens (primary N) is 1. The van der Waals surface area contributed by atoms with Crippen molar-refractivity contribution < 1.29 is 4.79 Å². The molecule has 2 aromatic rings. The molecule has 0 saturated carbocycles. The predicted molar refractivity (Wildman–Crippen MR) is 83.9 cm³/mol. The van der Waals surface area contributed by atoms with Crippen molar-refractivity contribution in [1.82, 2.24) is 4.90 Å². The minimum absolute atomic E-state index is 0.0571. The summed E-state index contributed by atoms with van der Waals surface area (Å²) < 4.78 is 0.731. The Hall–Kier alpha value is -1.36. The van der Waals surface area contributed by atoms with E-state index in [9.17, 15) is 4.79 Å². The first-order valence-corrected chi connectivity index (χ1v) is 7.54. The van der Waals surface area contributed by atoms with Gasteiger partial charge in [0.25, 0.3) is 0 Å². The summed E-state index contributed by atoms with van der Waals surface area (Å²) in [5, 5.41) is 0. The fourth-order valence-electron chi connectivity index (χ4n) is 1.99. The van der Waals surface area contributed by atoms with Crippen LogP contribution in [0, 0.1) is 0 Å². The summed E-state index contributed by atoms with van der Waals surface area (Å²) in [6.07, 6.45) is 0.551. The van der Waals surface area contributed by atoms with Gasteiger partial charge < -0.3 is 10.6 Å². The lowest BCUT2D eigenvalue weighted by molar-refractivity contribution is -0.131. The van der Waals surface area contributed by atoms with Crippen molar-refractivity contribution in [3.63, 3.8) is 0 Å². The van der Waals surface area contributed by atoms with E-state index in [2.05, 4.69) is 0 Å². The number of benzene rings is 1. The van der Waals surface area contributed by atoms with Crippen LogP contribution in [-0.4, -0.2) is 23.9 Å². The zero-order chi connectivity index (χ0) is 14.5. The van der Waals surface area contributed by atoms with E-state index < -0.39 is 6.04 Å². The summed E-state index contributed by atoms with van der Waals surface area (Å²) in [6.45, 7) is 0.540. The van der Waals surface area contributed by atoms with E-state index >= 15 is 0 Å². The Bertz CT molecular complexity index is 570. The van der Waals surface area contributed by atoms with Crippen molar-refractivity contribution in [2.75, 3.05) is 7.05 Å². The summed E-state index contributed by atoms with van der Waals surface area (Å²) in [4.78, 5) is 14.9. The number of halogens is 1.